The first-order valence-electron chi connectivity index (χ1n) is 7.23. The molecule has 0 heterocycles. The standard InChI is InChI=1S/C16H27NO2/c1-4-5-10-19-15-8-6-14(7-9-15)11-17-16(12-18)13(2)3/h6-9,13,16-18H,4-5,10-12H2,1-3H3. The Morgan fingerprint density at radius 2 is 1.89 bits per heavy atom. The van der Waals surface area contributed by atoms with Crippen molar-refractivity contribution in [1.82, 2.24) is 5.32 Å². The molecule has 0 saturated heterocycles. The highest BCUT2D eigenvalue weighted by molar-refractivity contribution is 5.27. The van der Waals surface area contributed by atoms with E-state index in [1.54, 1.807) is 0 Å². The Balaban J connectivity index is 2.39. The van der Waals surface area contributed by atoms with Gasteiger partial charge in [-0.3, -0.25) is 0 Å². The molecule has 0 aromatic heterocycles. The number of aliphatic hydroxyl groups excluding tert-OH is 1. The molecule has 0 aliphatic carbocycles. The van der Waals surface area contributed by atoms with Gasteiger partial charge in [-0.15, -0.1) is 0 Å². The van der Waals surface area contributed by atoms with Gasteiger partial charge >= 0.3 is 0 Å². The van der Waals surface area contributed by atoms with E-state index in [2.05, 4.69) is 38.2 Å². The quantitative estimate of drug-likeness (QED) is 0.674. The third-order valence-electron chi connectivity index (χ3n) is 3.26. The maximum Gasteiger partial charge on any atom is 0.119 e. The molecule has 3 heteroatoms. The van der Waals surface area contributed by atoms with Crippen LogP contribution in [0.3, 0.4) is 0 Å². The van der Waals surface area contributed by atoms with Gasteiger partial charge in [-0.2, -0.15) is 0 Å². The fourth-order valence-electron chi connectivity index (χ4n) is 1.80. The Hall–Kier alpha value is -1.06. The van der Waals surface area contributed by atoms with E-state index in [0.717, 1.165) is 31.7 Å². The highest BCUT2D eigenvalue weighted by Crippen LogP contribution is 2.13. The van der Waals surface area contributed by atoms with E-state index >= 15 is 0 Å². The van der Waals surface area contributed by atoms with Crippen molar-refractivity contribution < 1.29 is 9.84 Å². The Morgan fingerprint density at radius 1 is 1.21 bits per heavy atom. The number of ether oxygens (including phenoxy) is 1. The number of rotatable bonds is 9. The van der Waals surface area contributed by atoms with Crippen LogP contribution in [0.15, 0.2) is 24.3 Å². The molecule has 0 bridgehead atoms. The summed E-state index contributed by atoms with van der Waals surface area (Å²) in [6.45, 7) is 8.12. The van der Waals surface area contributed by atoms with Gasteiger partial charge in [0.05, 0.1) is 13.2 Å². The predicted molar refractivity (Wildman–Crippen MR) is 79.4 cm³/mol. The smallest absolute Gasteiger partial charge is 0.119 e. The van der Waals surface area contributed by atoms with E-state index in [1.165, 1.54) is 5.56 Å². The lowest BCUT2D eigenvalue weighted by molar-refractivity contribution is 0.210. The fourth-order valence-corrected chi connectivity index (χ4v) is 1.80. The number of aliphatic hydroxyl groups is 1. The zero-order valence-electron chi connectivity index (χ0n) is 12.4. The van der Waals surface area contributed by atoms with Crippen molar-refractivity contribution >= 4 is 0 Å². The summed E-state index contributed by atoms with van der Waals surface area (Å²) in [4.78, 5) is 0. The molecule has 1 unspecified atom stereocenters. The zero-order chi connectivity index (χ0) is 14.1. The summed E-state index contributed by atoms with van der Waals surface area (Å²) >= 11 is 0. The number of unbranched alkanes of at least 4 members (excludes halogenated alkanes) is 1. The first-order valence-corrected chi connectivity index (χ1v) is 7.23. The molecule has 3 nitrogen and oxygen atoms in total. The summed E-state index contributed by atoms with van der Waals surface area (Å²) in [6.07, 6.45) is 2.25. The third kappa shape index (κ3) is 6.08. The minimum absolute atomic E-state index is 0.153. The average molecular weight is 265 g/mol. The summed E-state index contributed by atoms with van der Waals surface area (Å²) in [6, 6.07) is 8.32. The highest BCUT2D eigenvalue weighted by atomic mass is 16.5. The number of hydrogen-bond acceptors (Lipinski definition) is 3. The lowest BCUT2D eigenvalue weighted by atomic mass is 10.1. The summed E-state index contributed by atoms with van der Waals surface area (Å²) in [5, 5.41) is 12.6. The van der Waals surface area contributed by atoms with Crippen LogP contribution in [0.2, 0.25) is 0 Å². The molecule has 1 atom stereocenters. The van der Waals surface area contributed by atoms with E-state index in [4.69, 9.17) is 4.74 Å². The maximum absolute atomic E-state index is 9.26. The van der Waals surface area contributed by atoms with Crippen LogP contribution in [0, 0.1) is 5.92 Å². The lowest BCUT2D eigenvalue weighted by Crippen LogP contribution is -2.36. The Labute approximate surface area is 117 Å². The molecule has 0 spiro atoms. The number of hydrogen-bond donors (Lipinski definition) is 2. The van der Waals surface area contributed by atoms with Gasteiger partial charge in [-0.1, -0.05) is 39.3 Å². The topological polar surface area (TPSA) is 41.5 Å². The van der Waals surface area contributed by atoms with Gasteiger partial charge in [0, 0.05) is 12.6 Å². The normalized spacial score (nSPS) is 12.7. The van der Waals surface area contributed by atoms with Crippen molar-refractivity contribution in [3.63, 3.8) is 0 Å². The van der Waals surface area contributed by atoms with Crippen LogP contribution in [0.1, 0.15) is 39.2 Å². The second kappa shape index (κ2) is 8.94. The molecule has 0 aliphatic rings. The molecule has 0 aliphatic heterocycles. The molecule has 2 N–H and O–H groups in total. The van der Waals surface area contributed by atoms with Crippen LogP contribution in [0.4, 0.5) is 0 Å². The molecular weight excluding hydrogens is 238 g/mol. The molecule has 0 radical (unpaired) electrons. The lowest BCUT2D eigenvalue weighted by Gasteiger charge is -2.20. The van der Waals surface area contributed by atoms with Crippen LogP contribution in [0.5, 0.6) is 5.75 Å². The number of benzene rings is 1. The molecular formula is C16H27NO2. The van der Waals surface area contributed by atoms with Crippen LogP contribution < -0.4 is 10.1 Å². The van der Waals surface area contributed by atoms with Gasteiger partial charge in [-0.05, 0) is 30.0 Å². The third-order valence-corrected chi connectivity index (χ3v) is 3.26. The fraction of sp³-hybridized carbons (Fsp3) is 0.625. The summed E-state index contributed by atoms with van der Waals surface area (Å²) in [5.41, 5.74) is 1.21. The first kappa shape index (κ1) is 16.0. The van der Waals surface area contributed by atoms with E-state index in [9.17, 15) is 5.11 Å². The Morgan fingerprint density at radius 3 is 2.42 bits per heavy atom. The molecule has 0 amide bonds. The van der Waals surface area contributed by atoms with Gasteiger partial charge in [0.15, 0.2) is 0 Å². The molecule has 0 fully saturated rings. The molecule has 0 saturated carbocycles. The van der Waals surface area contributed by atoms with Crippen molar-refractivity contribution in [2.24, 2.45) is 5.92 Å². The van der Waals surface area contributed by atoms with E-state index in [-0.39, 0.29) is 12.6 Å². The number of nitrogens with one attached hydrogen (secondary N) is 1. The molecule has 1 rings (SSSR count). The van der Waals surface area contributed by atoms with Crippen LogP contribution >= 0.6 is 0 Å². The van der Waals surface area contributed by atoms with Gasteiger partial charge < -0.3 is 15.2 Å². The van der Waals surface area contributed by atoms with Crippen molar-refractivity contribution in [1.29, 1.82) is 0 Å². The molecule has 19 heavy (non-hydrogen) atoms. The minimum atomic E-state index is 0.153. The first-order chi connectivity index (χ1) is 9.17. The molecule has 1 aromatic rings. The summed E-state index contributed by atoms with van der Waals surface area (Å²) < 4.78 is 5.63. The van der Waals surface area contributed by atoms with Crippen LogP contribution in [-0.2, 0) is 6.54 Å². The van der Waals surface area contributed by atoms with Crippen molar-refractivity contribution in [3.8, 4) is 5.75 Å². The minimum Gasteiger partial charge on any atom is -0.494 e. The maximum atomic E-state index is 9.26. The largest absolute Gasteiger partial charge is 0.494 e. The van der Waals surface area contributed by atoms with Crippen LogP contribution in [-0.4, -0.2) is 24.4 Å². The highest BCUT2D eigenvalue weighted by Gasteiger charge is 2.10. The zero-order valence-corrected chi connectivity index (χ0v) is 12.4. The van der Waals surface area contributed by atoms with Crippen LogP contribution in [0.25, 0.3) is 0 Å². The second-order valence-corrected chi connectivity index (χ2v) is 5.26. The molecule has 1 aromatic carbocycles. The summed E-state index contributed by atoms with van der Waals surface area (Å²) in [7, 11) is 0. The van der Waals surface area contributed by atoms with Gasteiger partial charge in [0.2, 0.25) is 0 Å². The average Bonchev–Trinajstić information content (AvgIpc) is 2.41. The van der Waals surface area contributed by atoms with Gasteiger partial charge in [-0.25, -0.2) is 0 Å². The SMILES string of the molecule is CCCCOc1ccc(CNC(CO)C(C)C)cc1. The van der Waals surface area contributed by atoms with Crippen molar-refractivity contribution in [2.45, 2.75) is 46.2 Å². The Bertz CT molecular complexity index is 335. The van der Waals surface area contributed by atoms with E-state index < -0.39 is 0 Å². The van der Waals surface area contributed by atoms with Crippen molar-refractivity contribution in [3.05, 3.63) is 29.8 Å². The Kier molecular flexibility index (Phi) is 7.53. The monoisotopic (exact) mass is 265 g/mol. The van der Waals surface area contributed by atoms with Crippen molar-refractivity contribution in [2.75, 3.05) is 13.2 Å². The second-order valence-electron chi connectivity index (χ2n) is 5.26. The van der Waals surface area contributed by atoms with E-state index in [1.807, 2.05) is 12.1 Å². The van der Waals surface area contributed by atoms with E-state index in [0.29, 0.717) is 5.92 Å². The molecule has 108 valence electrons. The summed E-state index contributed by atoms with van der Waals surface area (Å²) in [5.74, 6) is 1.36. The van der Waals surface area contributed by atoms with Gasteiger partial charge in [0.25, 0.3) is 0 Å². The predicted octanol–water partition coefficient (Wildman–Crippen LogP) is 2.97. The van der Waals surface area contributed by atoms with Gasteiger partial charge in [0.1, 0.15) is 5.75 Å².